The number of hydrogen-bond acceptors (Lipinski definition) is 3. The summed E-state index contributed by atoms with van der Waals surface area (Å²) in [4.78, 5) is 13.4. The van der Waals surface area contributed by atoms with E-state index in [9.17, 15) is 9.18 Å². The van der Waals surface area contributed by atoms with Gasteiger partial charge >= 0.3 is 5.97 Å². The lowest BCUT2D eigenvalue weighted by Crippen LogP contribution is -2.37. The number of rotatable bonds is 4. The van der Waals surface area contributed by atoms with Crippen LogP contribution in [0, 0.1) is 5.82 Å². The molecule has 1 saturated heterocycles. The third-order valence-corrected chi connectivity index (χ3v) is 4.51. The molecule has 0 aromatic heterocycles. The Morgan fingerprint density at radius 1 is 1.17 bits per heavy atom. The first-order valence-electron chi connectivity index (χ1n) is 8.01. The lowest BCUT2D eigenvalue weighted by molar-refractivity contribution is 0.0198. The van der Waals surface area contributed by atoms with Crippen molar-refractivity contribution < 1.29 is 19.0 Å². The molecule has 1 N–H and O–H groups in total. The summed E-state index contributed by atoms with van der Waals surface area (Å²) < 4.78 is 19.4. The Morgan fingerprint density at radius 2 is 1.83 bits per heavy atom. The van der Waals surface area contributed by atoms with Crippen molar-refractivity contribution in [1.29, 1.82) is 0 Å². The number of morpholine rings is 1. The molecule has 24 heavy (non-hydrogen) atoms. The largest absolute Gasteiger partial charge is 0.478 e. The van der Waals surface area contributed by atoms with Gasteiger partial charge in [0, 0.05) is 24.7 Å². The van der Waals surface area contributed by atoms with E-state index in [0.29, 0.717) is 11.1 Å². The van der Waals surface area contributed by atoms with Gasteiger partial charge in [0.1, 0.15) is 5.82 Å². The minimum atomic E-state index is -1.06. The van der Waals surface area contributed by atoms with Gasteiger partial charge in [-0.1, -0.05) is 24.3 Å². The molecule has 0 radical (unpaired) electrons. The van der Waals surface area contributed by atoms with Crippen molar-refractivity contribution in [3.05, 3.63) is 59.4 Å². The van der Waals surface area contributed by atoms with Gasteiger partial charge in [0.15, 0.2) is 0 Å². The van der Waals surface area contributed by atoms with Gasteiger partial charge in [-0.3, -0.25) is 4.90 Å². The summed E-state index contributed by atoms with van der Waals surface area (Å²) >= 11 is 0. The molecule has 2 aromatic carbocycles. The number of carbonyl (C=O) groups is 1. The average Bonchev–Trinajstić information content (AvgIpc) is 2.62. The van der Waals surface area contributed by atoms with E-state index in [1.54, 1.807) is 0 Å². The van der Waals surface area contributed by atoms with Gasteiger partial charge in [0.05, 0.1) is 18.8 Å². The predicted molar refractivity (Wildman–Crippen MR) is 89.6 cm³/mol. The van der Waals surface area contributed by atoms with Crippen LogP contribution in [-0.2, 0) is 4.74 Å². The third kappa shape index (κ3) is 3.47. The Labute approximate surface area is 140 Å². The Hall–Kier alpha value is -2.24. The van der Waals surface area contributed by atoms with Crippen molar-refractivity contribution in [2.75, 3.05) is 26.3 Å². The Bertz CT molecular complexity index is 724. The van der Waals surface area contributed by atoms with Crippen molar-refractivity contribution in [3.63, 3.8) is 0 Å². The van der Waals surface area contributed by atoms with Crippen molar-refractivity contribution in [2.24, 2.45) is 0 Å². The second kappa shape index (κ2) is 7.11. The molecular formula is C19H20FNO3. The maximum Gasteiger partial charge on any atom is 0.335 e. The van der Waals surface area contributed by atoms with Gasteiger partial charge in [-0.15, -0.1) is 0 Å². The highest BCUT2D eigenvalue weighted by Gasteiger charge is 2.18. The summed E-state index contributed by atoms with van der Waals surface area (Å²) in [5, 5.41) is 9.07. The smallest absolute Gasteiger partial charge is 0.335 e. The van der Waals surface area contributed by atoms with Gasteiger partial charge in [0.25, 0.3) is 0 Å². The van der Waals surface area contributed by atoms with Crippen LogP contribution in [-0.4, -0.2) is 42.3 Å². The summed E-state index contributed by atoms with van der Waals surface area (Å²) in [6.45, 7) is 5.44. The minimum Gasteiger partial charge on any atom is -0.478 e. The van der Waals surface area contributed by atoms with Crippen molar-refractivity contribution in [2.45, 2.75) is 13.0 Å². The van der Waals surface area contributed by atoms with Crippen LogP contribution in [0.1, 0.15) is 28.9 Å². The van der Waals surface area contributed by atoms with Crippen LogP contribution in [0.15, 0.2) is 42.5 Å². The van der Waals surface area contributed by atoms with Crippen LogP contribution in [0.25, 0.3) is 11.1 Å². The first-order chi connectivity index (χ1) is 11.6. The molecule has 1 aliphatic heterocycles. The normalized spacial score (nSPS) is 16.8. The molecule has 0 spiro atoms. The number of carboxylic acid groups (broad SMARTS) is 1. The number of aromatic carboxylic acids is 1. The molecule has 5 heteroatoms. The molecule has 0 saturated carbocycles. The lowest BCUT2D eigenvalue weighted by atomic mass is 9.99. The first kappa shape index (κ1) is 16.6. The molecule has 0 aliphatic carbocycles. The van der Waals surface area contributed by atoms with E-state index in [1.165, 1.54) is 18.2 Å². The maximum atomic E-state index is 14.1. The van der Waals surface area contributed by atoms with E-state index in [2.05, 4.69) is 11.8 Å². The molecule has 4 nitrogen and oxygen atoms in total. The van der Waals surface area contributed by atoms with E-state index < -0.39 is 11.8 Å². The highest BCUT2D eigenvalue weighted by Crippen LogP contribution is 2.27. The van der Waals surface area contributed by atoms with E-state index in [0.717, 1.165) is 31.9 Å². The molecule has 126 valence electrons. The number of halogens is 1. The number of carboxylic acids is 1. The molecular weight excluding hydrogens is 309 g/mol. The van der Waals surface area contributed by atoms with E-state index in [1.807, 2.05) is 24.3 Å². The number of hydrogen-bond donors (Lipinski definition) is 1. The quantitative estimate of drug-likeness (QED) is 0.931. The predicted octanol–water partition coefficient (Wildman–Crippen LogP) is 3.58. The zero-order valence-corrected chi connectivity index (χ0v) is 13.5. The molecule has 3 rings (SSSR count). The molecule has 1 unspecified atom stereocenters. The highest BCUT2D eigenvalue weighted by molar-refractivity contribution is 5.89. The summed E-state index contributed by atoms with van der Waals surface area (Å²) in [5.41, 5.74) is 2.21. The second-order valence-electron chi connectivity index (χ2n) is 5.95. The zero-order chi connectivity index (χ0) is 17.1. The molecule has 1 heterocycles. The minimum absolute atomic E-state index is 0.0807. The molecule has 2 aromatic rings. The van der Waals surface area contributed by atoms with E-state index >= 15 is 0 Å². The maximum absolute atomic E-state index is 14.1. The summed E-state index contributed by atoms with van der Waals surface area (Å²) in [6.07, 6.45) is 0. The molecule has 1 aliphatic rings. The van der Waals surface area contributed by atoms with Gasteiger partial charge in [-0.2, -0.15) is 0 Å². The van der Waals surface area contributed by atoms with Crippen LogP contribution in [0.2, 0.25) is 0 Å². The van der Waals surface area contributed by atoms with Crippen LogP contribution in [0.3, 0.4) is 0 Å². The number of ether oxygens (including phenoxy) is 1. The van der Waals surface area contributed by atoms with Crippen LogP contribution < -0.4 is 0 Å². The number of nitrogens with zero attached hydrogens (tertiary/aromatic N) is 1. The Balaban J connectivity index is 1.84. The van der Waals surface area contributed by atoms with Crippen LogP contribution in [0.4, 0.5) is 4.39 Å². The van der Waals surface area contributed by atoms with Gasteiger partial charge in [-0.25, -0.2) is 9.18 Å². The van der Waals surface area contributed by atoms with Crippen molar-refractivity contribution in [1.82, 2.24) is 4.90 Å². The summed E-state index contributed by atoms with van der Waals surface area (Å²) in [6, 6.07) is 11.7. The van der Waals surface area contributed by atoms with Gasteiger partial charge < -0.3 is 9.84 Å². The molecule has 0 amide bonds. The molecule has 1 fully saturated rings. The zero-order valence-electron chi connectivity index (χ0n) is 13.5. The molecule has 0 bridgehead atoms. The lowest BCUT2D eigenvalue weighted by Gasteiger charge is -2.32. The Morgan fingerprint density at radius 3 is 2.46 bits per heavy atom. The third-order valence-electron chi connectivity index (χ3n) is 4.51. The fourth-order valence-corrected chi connectivity index (χ4v) is 3.00. The molecule has 1 atom stereocenters. The fraction of sp³-hybridized carbons (Fsp3) is 0.316. The van der Waals surface area contributed by atoms with Gasteiger partial charge in [-0.05, 0) is 36.2 Å². The first-order valence-corrected chi connectivity index (χ1v) is 8.01. The summed E-state index contributed by atoms with van der Waals surface area (Å²) in [5.74, 6) is -1.48. The number of benzene rings is 2. The summed E-state index contributed by atoms with van der Waals surface area (Å²) in [7, 11) is 0. The highest BCUT2D eigenvalue weighted by atomic mass is 19.1. The SMILES string of the molecule is CC(c1ccc(-c2cc(C(=O)O)ccc2F)cc1)N1CCOCC1. The monoisotopic (exact) mass is 329 g/mol. The van der Waals surface area contributed by atoms with Crippen molar-refractivity contribution >= 4 is 5.97 Å². The standard InChI is InChI=1S/C19H20FNO3/c1-13(21-8-10-24-11-9-21)14-2-4-15(5-3-14)17-12-16(19(22)23)6-7-18(17)20/h2-7,12-13H,8-11H2,1H3,(H,22,23). The van der Waals surface area contributed by atoms with Crippen LogP contribution >= 0.6 is 0 Å². The van der Waals surface area contributed by atoms with Gasteiger partial charge in [0.2, 0.25) is 0 Å². The topological polar surface area (TPSA) is 49.8 Å². The van der Waals surface area contributed by atoms with Crippen molar-refractivity contribution in [3.8, 4) is 11.1 Å². The fourth-order valence-electron chi connectivity index (χ4n) is 3.00. The van der Waals surface area contributed by atoms with Crippen LogP contribution in [0.5, 0.6) is 0 Å². The average molecular weight is 329 g/mol. The van der Waals surface area contributed by atoms with E-state index in [4.69, 9.17) is 9.84 Å². The Kier molecular flexibility index (Phi) is 4.92. The van der Waals surface area contributed by atoms with E-state index in [-0.39, 0.29) is 11.6 Å². The second-order valence-corrected chi connectivity index (χ2v) is 5.95.